The van der Waals surface area contributed by atoms with E-state index >= 15 is 0 Å². The molecule has 0 saturated heterocycles. The lowest BCUT2D eigenvalue weighted by Gasteiger charge is -2.13. The van der Waals surface area contributed by atoms with Crippen molar-refractivity contribution in [2.75, 3.05) is 5.32 Å². The predicted molar refractivity (Wildman–Crippen MR) is 97.6 cm³/mol. The van der Waals surface area contributed by atoms with Crippen LogP contribution in [0.5, 0.6) is 0 Å². The van der Waals surface area contributed by atoms with Crippen molar-refractivity contribution < 1.29 is 9.59 Å². The number of nitrogens with one attached hydrogen (secondary N) is 1. The lowest BCUT2D eigenvalue weighted by Crippen LogP contribution is -2.19. The van der Waals surface area contributed by atoms with Crippen LogP contribution in [0.2, 0.25) is 0 Å². The summed E-state index contributed by atoms with van der Waals surface area (Å²) in [6, 6.07) is 21.6. The number of aromatic nitrogens is 1. The highest BCUT2D eigenvalue weighted by molar-refractivity contribution is 6.09. The molecule has 4 heteroatoms. The second-order valence-electron chi connectivity index (χ2n) is 5.75. The van der Waals surface area contributed by atoms with Gasteiger partial charge in [-0.2, -0.15) is 0 Å². The highest BCUT2D eigenvalue weighted by Crippen LogP contribution is 2.20. The highest BCUT2D eigenvalue weighted by Gasteiger charge is 2.17. The molecule has 1 aromatic heterocycles. The first-order valence-electron chi connectivity index (χ1n) is 8.07. The fourth-order valence-corrected chi connectivity index (χ4v) is 2.53. The van der Waals surface area contributed by atoms with Crippen molar-refractivity contribution in [3.63, 3.8) is 0 Å². The number of rotatable bonds is 5. The van der Waals surface area contributed by atoms with Crippen molar-refractivity contribution >= 4 is 17.5 Å². The van der Waals surface area contributed by atoms with Gasteiger partial charge in [-0.3, -0.25) is 9.59 Å². The standard InChI is InChI=1S/C21H18N2O2/c1-15(21(25)23-19-12-5-6-13-22-19)17-10-7-11-18(14-17)20(24)16-8-3-2-4-9-16/h2-15H,1H3,(H,22,23,25)/t15-/m1/s1. The van der Waals surface area contributed by atoms with Gasteiger partial charge in [0.05, 0.1) is 5.92 Å². The Morgan fingerprint density at radius 1 is 0.880 bits per heavy atom. The molecule has 0 saturated carbocycles. The van der Waals surface area contributed by atoms with Crippen molar-refractivity contribution in [2.45, 2.75) is 12.8 Å². The maximum absolute atomic E-state index is 12.6. The summed E-state index contributed by atoms with van der Waals surface area (Å²) in [7, 11) is 0. The Bertz CT molecular complexity index is 877. The molecule has 3 rings (SSSR count). The second-order valence-corrected chi connectivity index (χ2v) is 5.75. The number of pyridine rings is 1. The molecule has 4 nitrogen and oxygen atoms in total. The Morgan fingerprint density at radius 3 is 2.32 bits per heavy atom. The summed E-state index contributed by atoms with van der Waals surface area (Å²) in [5.74, 6) is -0.107. The molecule has 0 spiro atoms. The third-order valence-electron chi connectivity index (χ3n) is 3.99. The molecule has 1 N–H and O–H groups in total. The van der Waals surface area contributed by atoms with Gasteiger partial charge in [0.1, 0.15) is 5.82 Å². The molecule has 1 heterocycles. The van der Waals surface area contributed by atoms with E-state index in [1.807, 2.05) is 37.3 Å². The van der Waals surface area contributed by atoms with Crippen molar-refractivity contribution in [3.8, 4) is 0 Å². The van der Waals surface area contributed by atoms with Crippen molar-refractivity contribution in [2.24, 2.45) is 0 Å². The molecular formula is C21H18N2O2. The second kappa shape index (κ2) is 7.53. The van der Waals surface area contributed by atoms with Crippen LogP contribution in [0.4, 0.5) is 5.82 Å². The fraction of sp³-hybridized carbons (Fsp3) is 0.0952. The average Bonchev–Trinajstić information content (AvgIpc) is 2.68. The van der Waals surface area contributed by atoms with Gasteiger partial charge in [0.25, 0.3) is 0 Å². The minimum Gasteiger partial charge on any atom is -0.310 e. The summed E-state index contributed by atoms with van der Waals surface area (Å²) >= 11 is 0. The normalized spacial score (nSPS) is 11.6. The summed E-state index contributed by atoms with van der Waals surface area (Å²) in [5, 5.41) is 2.79. The zero-order chi connectivity index (χ0) is 17.6. The van der Waals surface area contributed by atoms with E-state index in [0.717, 1.165) is 5.56 Å². The van der Waals surface area contributed by atoms with E-state index in [1.165, 1.54) is 0 Å². The van der Waals surface area contributed by atoms with Crippen molar-refractivity contribution in [3.05, 3.63) is 95.7 Å². The Labute approximate surface area is 146 Å². The molecule has 0 aliphatic heterocycles. The molecule has 0 radical (unpaired) electrons. The van der Waals surface area contributed by atoms with Gasteiger partial charge in [0, 0.05) is 17.3 Å². The zero-order valence-corrected chi connectivity index (χ0v) is 13.8. The summed E-state index contributed by atoms with van der Waals surface area (Å²) in [6.45, 7) is 1.81. The molecule has 1 atom stereocenters. The summed E-state index contributed by atoms with van der Waals surface area (Å²) in [5.41, 5.74) is 1.99. The maximum Gasteiger partial charge on any atom is 0.232 e. The van der Waals surface area contributed by atoms with Crippen LogP contribution in [0.3, 0.4) is 0 Å². The van der Waals surface area contributed by atoms with Gasteiger partial charge in [0.2, 0.25) is 5.91 Å². The van der Waals surface area contributed by atoms with Gasteiger partial charge < -0.3 is 5.32 Å². The van der Waals surface area contributed by atoms with Gasteiger partial charge >= 0.3 is 0 Å². The number of carbonyl (C=O) groups is 2. The Hall–Kier alpha value is -3.27. The Kier molecular flexibility index (Phi) is 5.00. The smallest absolute Gasteiger partial charge is 0.232 e. The number of anilines is 1. The summed E-state index contributed by atoms with van der Waals surface area (Å²) < 4.78 is 0. The van der Waals surface area contributed by atoms with Crippen LogP contribution in [0.15, 0.2) is 79.0 Å². The Morgan fingerprint density at radius 2 is 1.60 bits per heavy atom. The fourth-order valence-electron chi connectivity index (χ4n) is 2.53. The van der Waals surface area contributed by atoms with Crippen molar-refractivity contribution in [1.82, 2.24) is 4.98 Å². The minimum absolute atomic E-state index is 0.0558. The average molecular weight is 330 g/mol. The van der Waals surface area contributed by atoms with Gasteiger partial charge in [-0.05, 0) is 30.7 Å². The molecule has 124 valence electrons. The molecule has 1 amide bonds. The van der Waals surface area contributed by atoms with Crippen molar-refractivity contribution in [1.29, 1.82) is 0 Å². The minimum atomic E-state index is -0.398. The predicted octanol–water partition coefficient (Wildman–Crippen LogP) is 4.05. The largest absolute Gasteiger partial charge is 0.310 e. The lowest BCUT2D eigenvalue weighted by molar-refractivity contribution is -0.117. The molecule has 0 fully saturated rings. The van der Waals surface area contributed by atoms with Crippen LogP contribution in [-0.2, 0) is 4.79 Å². The number of benzene rings is 2. The SMILES string of the molecule is C[C@@H](C(=O)Nc1ccccn1)c1cccc(C(=O)c2ccccc2)c1. The first-order valence-corrected chi connectivity index (χ1v) is 8.07. The summed E-state index contributed by atoms with van der Waals surface area (Å²) in [4.78, 5) is 29.1. The van der Waals surface area contributed by atoms with Gasteiger partial charge in [-0.1, -0.05) is 54.6 Å². The van der Waals surface area contributed by atoms with Crippen LogP contribution in [0, 0.1) is 0 Å². The monoisotopic (exact) mass is 330 g/mol. The zero-order valence-electron chi connectivity index (χ0n) is 13.8. The first kappa shape index (κ1) is 16.6. The van der Waals surface area contributed by atoms with Crippen LogP contribution in [0.25, 0.3) is 0 Å². The number of hydrogen-bond donors (Lipinski definition) is 1. The molecule has 0 aliphatic carbocycles. The van der Waals surface area contributed by atoms with E-state index in [1.54, 1.807) is 48.7 Å². The van der Waals surface area contributed by atoms with Crippen LogP contribution in [0.1, 0.15) is 34.3 Å². The first-order chi connectivity index (χ1) is 12.1. The molecule has 0 aliphatic rings. The van der Waals surface area contributed by atoms with E-state index in [4.69, 9.17) is 0 Å². The number of ketones is 1. The van der Waals surface area contributed by atoms with Gasteiger partial charge in [0.15, 0.2) is 5.78 Å². The molecule has 25 heavy (non-hydrogen) atoms. The highest BCUT2D eigenvalue weighted by atomic mass is 16.2. The quantitative estimate of drug-likeness (QED) is 0.718. The number of hydrogen-bond acceptors (Lipinski definition) is 3. The van der Waals surface area contributed by atoms with E-state index in [0.29, 0.717) is 16.9 Å². The molecule has 0 unspecified atom stereocenters. The van der Waals surface area contributed by atoms with E-state index in [9.17, 15) is 9.59 Å². The number of carbonyl (C=O) groups excluding carboxylic acids is 2. The Balaban J connectivity index is 1.79. The van der Waals surface area contributed by atoms with E-state index in [2.05, 4.69) is 10.3 Å². The summed E-state index contributed by atoms with van der Waals surface area (Å²) in [6.07, 6.45) is 1.62. The van der Waals surface area contributed by atoms with Crippen LogP contribution in [-0.4, -0.2) is 16.7 Å². The topological polar surface area (TPSA) is 59.1 Å². The van der Waals surface area contributed by atoms with E-state index < -0.39 is 5.92 Å². The van der Waals surface area contributed by atoms with Crippen LogP contribution >= 0.6 is 0 Å². The number of nitrogens with zero attached hydrogens (tertiary/aromatic N) is 1. The van der Waals surface area contributed by atoms with E-state index in [-0.39, 0.29) is 11.7 Å². The third-order valence-corrected chi connectivity index (χ3v) is 3.99. The molecule has 0 bridgehead atoms. The molecular weight excluding hydrogens is 312 g/mol. The molecule has 2 aromatic carbocycles. The lowest BCUT2D eigenvalue weighted by atomic mass is 9.95. The van der Waals surface area contributed by atoms with Gasteiger partial charge in [-0.25, -0.2) is 4.98 Å². The number of amides is 1. The third kappa shape index (κ3) is 3.98. The van der Waals surface area contributed by atoms with Gasteiger partial charge in [-0.15, -0.1) is 0 Å². The molecule has 3 aromatic rings. The van der Waals surface area contributed by atoms with Crippen LogP contribution < -0.4 is 5.32 Å². The maximum atomic E-state index is 12.6.